The normalized spacial score (nSPS) is 16.9. The number of aliphatic carboxylic acids is 1. The number of hydrogen-bond acceptors (Lipinski definition) is 15. The van der Waals surface area contributed by atoms with Gasteiger partial charge in [0, 0.05) is 16.9 Å². The summed E-state index contributed by atoms with van der Waals surface area (Å²) in [6, 6.07) is 28.5. The van der Waals surface area contributed by atoms with Crippen LogP contribution in [-0.2, 0) is 29.6 Å². The van der Waals surface area contributed by atoms with Crippen molar-refractivity contribution in [2.75, 3.05) is 29.3 Å². The van der Waals surface area contributed by atoms with Gasteiger partial charge in [-0.15, -0.1) is 27.9 Å². The molecule has 2 aliphatic heterocycles. The SMILES string of the molecule is NC(=O)CO/N=C(\C(=O)N[C@@H]1C(=O)N2C(C(=O)O)=C(CSc3nnnn3N)CS[C@@H]12)c1csc(NC(c2ccccc2)(c2ccccc2)c2ccccc2)n1. The van der Waals surface area contributed by atoms with E-state index in [1.54, 1.807) is 5.38 Å². The number of oxime groups is 1. The molecular formula is C35H31N11O6S3. The van der Waals surface area contributed by atoms with Crippen molar-refractivity contribution in [2.24, 2.45) is 10.9 Å². The van der Waals surface area contributed by atoms with Gasteiger partial charge >= 0.3 is 5.97 Å². The number of carbonyl (C=O) groups is 4. The number of tetrazole rings is 1. The first-order valence-electron chi connectivity index (χ1n) is 16.4. The molecule has 2 aliphatic rings. The first-order valence-corrected chi connectivity index (χ1v) is 19.3. The molecule has 0 bridgehead atoms. The monoisotopic (exact) mass is 797 g/mol. The van der Waals surface area contributed by atoms with Gasteiger partial charge in [0.1, 0.15) is 28.3 Å². The summed E-state index contributed by atoms with van der Waals surface area (Å²) in [5.41, 5.74) is 7.15. The minimum Gasteiger partial charge on any atom is -0.477 e. The summed E-state index contributed by atoms with van der Waals surface area (Å²) in [6.45, 7) is -0.621. The van der Waals surface area contributed by atoms with Crippen molar-refractivity contribution in [1.82, 2.24) is 35.5 Å². The van der Waals surface area contributed by atoms with Crippen LogP contribution in [0.2, 0.25) is 0 Å². The van der Waals surface area contributed by atoms with Crippen molar-refractivity contribution in [1.29, 1.82) is 0 Å². The van der Waals surface area contributed by atoms with Crippen molar-refractivity contribution < 1.29 is 29.1 Å². The molecule has 17 nitrogen and oxygen atoms in total. The van der Waals surface area contributed by atoms with Crippen LogP contribution >= 0.6 is 34.9 Å². The number of primary amides is 1. The molecule has 7 rings (SSSR count). The number of nitrogens with one attached hydrogen (secondary N) is 2. The number of carboxylic acid groups (broad SMARTS) is 1. The molecule has 0 unspecified atom stereocenters. The van der Waals surface area contributed by atoms with E-state index in [9.17, 15) is 24.3 Å². The van der Waals surface area contributed by atoms with E-state index >= 15 is 0 Å². The summed E-state index contributed by atoms with van der Waals surface area (Å²) >= 11 is 3.61. The van der Waals surface area contributed by atoms with Gasteiger partial charge in [0.2, 0.25) is 5.16 Å². The summed E-state index contributed by atoms with van der Waals surface area (Å²) in [6.07, 6.45) is 0. The molecule has 5 aromatic rings. The minimum atomic E-state index is -1.30. The standard InChI is InChI=1S/C35H31N11O6S3/c36-25(47)16-52-42-26(29(48)39-27-30(49)45-28(32(50)51)20(17-53-31(27)45)18-55-34-41-43-44-46(34)37)24-19-54-33(38-24)40-35(21-10-4-1-5-11-21,22-12-6-2-7-13-22)23-14-8-3-9-15-23/h1-15,19,27,31H,16-18,37H2,(H2,36,47)(H,38,40)(H,39,48)(H,50,51)/b42-26-/t27-,31+/m1/s1. The van der Waals surface area contributed by atoms with E-state index in [0.717, 1.165) is 38.1 Å². The Morgan fingerprint density at radius 2 is 1.62 bits per heavy atom. The average Bonchev–Trinajstić information content (AvgIpc) is 3.85. The van der Waals surface area contributed by atoms with Crippen molar-refractivity contribution in [3.63, 3.8) is 0 Å². The number of thiazole rings is 1. The summed E-state index contributed by atoms with van der Waals surface area (Å²) < 4.78 is 0. The summed E-state index contributed by atoms with van der Waals surface area (Å²) in [5, 5.41) is 32.7. The molecule has 1 saturated heterocycles. The number of anilines is 1. The number of fused-ring (bicyclic) bond motifs is 1. The van der Waals surface area contributed by atoms with Gasteiger partial charge in [0.05, 0.1) is 0 Å². The smallest absolute Gasteiger partial charge is 0.352 e. The van der Waals surface area contributed by atoms with Crippen LogP contribution in [0.25, 0.3) is 0 Å². The molecule has 0 aliphatic carbocycles. The van der Waals surface area contributed by atoms with Crippen molar-refractivity contribution in [2.45, 2.75) is 22.1 Å². The second-order valence-electron chi connectivity index (χ2n) is 12.0. The Bertz CT molecular complexity index is 2190. The predicted molar refractivity (Wildman–Crippen MR) is 205 cm³/mol. The third-order valence-corrected chi connectivity index (χ3v) is 11.7. The van der Waals surface area contributed by atoms with Crippen LogP contribution in [-0.4, -0.2) is 94.2 Å². The number of carbonyl (C=O) groups excluding carboxylic acids is 3. The number of hydrogen-bond donors (Lipinski definition) is 5. The number of nitrogen functional groups attached to an aromatic ring is 1. The minimum absolute atomic E-state index is 0.0881. The van der Waals surface area contributed by atoms with E-state index in [-0.39, 0.29) is 33.8 Å². The van der Waals surface area contributed by atoms with Crippen LogP contribution in [0.3, 0.4) is 0 Å². The predicted octanol–water partition coefficient (Wildman–Crippen LogP) is 1.98. The number of nitrogens with two attached hydrogens (primary N) is 2. The van der Waals surface area contributed by atoms with Crippen LogP contribution in [0.5, 0.6) is 0 Å². The topological polar surface area (TPSA) is 246 Å². The van der Waals surface area contributed by atoms with E-state index in [2.05, 4.69) is 31.3 Å². The Labute approximate surface area is 325 Å². The van der Waals surface area contributed by atoms with Gasteiger partial charge in [0.15, 0.2) is 17.5 Å². The lowest BCUT2D eigenvalue weighted by atomic mass is 9.77. The van der Waals surface area contributed by atoms with Gasteiger partial charge < -0.3 is 32.2 Å². The zero-order chi connectivity index (χ0) is 38.5. The zero-order valence-electron chi connectivity index (χ0n) is 28.5. The molecule has 0 saturated carbocycles. The summed E-state index contributed by atoms with van der Waals surface area (Å²) in [7, 11) is 0. The number of benzene rings is 3. The van der Waals surface area contributed by atoms with E-state index in [1.807, 2.05) is 91.0 Å². The summed E-state index contributed by atoms with van der Waals surface area (Å²) in [5.74, 6) is 2.50. The maximum absolute atomic E-state index is 13.9. The van der Waals surface area contributed by atoms with Crippen LogP contribution in [0.4, 0.5) is 5.13 Å². The number of rotatable bonds is 15. The summed E-state index contributed by atoms with van der Waals surface area (Å²) in [4.78, 5) is 63.3. The number of nitrogens with zero attached hydrogens (tertiary/aromatic N) is 7. The Morgan fingerprint density at radius 3 is 2.16 bits per heavy atom. The highest BCUT2D eigenvalue weighted by atomic mass is 32.2. The Kier molecular flexibility index (Phi) is 10.8. The molecule has 0 spiro atoms. The highest BCUT2D eigenvalue weighted by Crippen LogP contribution is 2.42. The third kappa shape index (κ3) is 7.46. The first-order chi connectivity index (χ1) is 26.7. The molecule has 2 atom stereocenters. The molecule has 3 aromatic carbocycles. The first kappa shape index (κ1) is 37.1. The van der Waals surface area contributed by atoms with Gasteiger partial charge in [-0.2, -0.15) is 0 Å². The molecule has 3 amide bonds. The average molecular weight is 798 g/mol. The Morgan fingerprint density at radius 1 is 1.00 bits per heavy atom. The molecule has 4 heterocycles. The molecule has 280 valence electrons. The second kappa shape index (κ2) is 16.0. The van der Waals surface area contributed by atoms with Crippen molar-refractivity contribution in [3.05, 3.63) is 130 Å². The highest BCUT2D eigenvalue weighted by molar-refractivity contribution is 8.01. The molecule has 55 heavy (non-hydrogen) atoms. The quantitative estimate of drug-likeness (QED) is 0.0254. The largest absolute Gasteiger partial charge is 0.477 e. The van der Waals surface area contributed by atoms with Crippen LogP contribution < -0.4 is 22.2 Å². The third-order valence-electron chi connectivity index (χ3n) is 8.61. The van der Waals surface area contributed by atoms with Crippen LogP contribution in [0, 0.1) is 0 Å². The Hall–Kier alpha value is -6.25. The number of β-lactam (4-membered cyclic amide) rings is 1. The fourth-order valence-electron chi connectivity index (χ4n) is 6.18. The van der Waals surface area contributed by atoms with Crippen molar-refractivity contribution in [3.8, 4) is 0 Å². The lowest BCUT2D eigenvalue weighted by molar-refractivity contribution is -0.150. The molecule has 0 radical (unpaired) electrons. The van der Waals surface area contributed by atoms with Gasteiger partial charge in [-0.05, 0) is 32.7 Å². The zero-order valence-corrected chi connectivity index (χ0v) is 31.0. The van der Waals surface area contributed by atoms with E-state index in [1.165, 1.54) is 23.1 Å². The van der Waals surface area contributed by atoms with Gasteiger partial charge in [-0.1, -0.05) is 113 Å². The Balaban J connectivity index is 1.16. The molecule has 1 fully saturated rings. The number of amides is 3. The highest BCUT2D eigenvalue weighted by Gasteiger charge is 2.54. The maximum Gasteiger partial charge on any atom is 0.352 e. The van der Waals surface area contributed by atoms with Crippen molar-refractivity contribution >= 4 is 69.4 Å². The lowest BCUT2D eigenvalue weighted by Crippen LogP contribution is -2.71. The number of thioether (sulfide) groups is 2. The fraction of sp³-hybridized carbons (Fsp3) is 0.171. The van der Waals surface area contributed by atoms with E-state index in [0.29, 0.717) is 10.7 Å². The molecule has 7 N–H and O–H groups in total. The maximum atomic E-state index is 13.9. The van der Waals surface area contributed by atoms with E-state index in [4.69, 9.17) is 21.4 Å². The molecule has 20 heteroatoms. The van der Waals surface area contributed by atoms with Gasteiger partial charge in [0.25, 0.3) is 17.7 Å². The fourth-order valence-corrected chi connectivity index (χ4v) is 9.21. The number of aromatic nitrogens is 5. The molecule has 2 aromatic heterocycles. The lowest BCUT2D eigenvalue weighted by Gasteiger charge is -2.49. The van der Waals surface area contributed by atoms with E-state index < -0.39 is 47.3 Å². The van der Waals surface area contributed by atoms with Gasteiger partial charge in [-0.25, -0.2) is 9.78 Å². The van der Waals surface area contributed by atoms with Crippen LogP contribution in [0.1, 0.15) is 22.4 Å². The second-order valence-corrected chi connectivity index (χ2v) is 14.9. The number of carboxylic acids is 1. The van der Waals surface area contributed by atoms with Crippen LogP contribution in [0.15, 0.2) is 118 Å². The molecular weight excluding hydrogens is 767 g/mol. The van der Waals surface area contributed by atoms with Gasteiger partial charge in [-0.3, -0.25) is 19.3 Å².